The molecule has 0 aromatic heterocycles. The van der Waals surface area contributed by atoms with Crippen molar-refractivity contribution < 1.29 is 14.3 Å². The van der Waals surface area contributed by atoms with Crippen LogP contribution in [0.3, 0.4) is 0 Å². The van der Waals surface area contributed by atoms with Crippen LogP contribution in [0.4, 0.5) is 0 Å². The number of amides is 1. The van der Waals surface area contributed by atoms with Gasteiger partial charge in [-0.3, -0.25) is 4.79 Å². The molecule has 0 heterocycles. The first-order valence-corrected chi connectivity index (χ1v) is 5.80. The van der Waals surface area contributed by atoms with Crippen LogP contribution in [0.5, 0.6) is 0 Å². The topological polar surface area (TPSA) is 59.6 Å². The number of carbonyl (C=O) groups excluding carboxylic acids is 1. The summed E-state index contributed by atoms with van der Waals surface area (Å²) in [5.41, 5.74) is 0. The highest BCUT2D eigenvalue weighted by Crippen LogP contribution is 1.84. The molecule has 0 aliphatic carbocycles. The van der Waals surface area contributed by atoms with Gasteiger partial charge in [0, 0.05) is 33.4 Å². The summed E-state index contributed by atoms with van der Waals surface area (Å²) >= 11 is 0. The van der Waals surface area contributed by atoms with Crippen molar-refractivity contribution >= 4 is 5.91 Å². The molecular weight excluding hydrogens is 208 g/mol. The predicted octanol–water partition coefficient (Wildman–Crippen LogP) is 0.154. The van der Waals surface area contributed by atoms with E-state index in [4.69, 9.17) is 9.47 Å². The normalized spacial score (nSPS) is 12.4. The number of methoxy groups -OCH3 is 1. The Morgan fingerprint density at radius 1 is 1.31 bits per heavy atom. The fourth-order valence-electron chi connectivity index (χ4n) is 1.18. The van der Waals surface area contributed by atoms with Gasteiger partial charge < -0.3 is 20.1 Å². The minimum atomic E-state index is -0.164. The zero-order valence-electron chi connectivity index (χ0n) is 10.5. The molecule has 0 aliphatic heterocycles. The Balaban J connectivity index is 3.27. The Kier molecular flexibility index (Phi) is 10.4. The molecule has 0 radical (unpaired) electrons. The molecule has 5 nitrogen and oxygen atoms in total. The van der Waals surface area contributed by atoms with Crippen molar-refractivity contribution in [1.82, 2.24) is 10.6 Å². The van der Waals surface area contributed by atoms with E-state index < -0.39 is 0 Å². The van der Waals surface area contributed by atoms with Crippen LogP contribution in [0.1, 0.15) is 20.3 Å². The van der Waals surface area contributed by atoms with Gasteiger partial charge in [0.25, 0.3) is 0 Å². The molecule has 0 saturated carbocycles. The monoisotopic (exact) mass is 232 g/mol. The van der Waals surface area contributed by atoms with Crippen LogP contribution in [0, 0.1) is 0 Å². The Morgan fingerprint density at radius 3 is 2.69 bits per heavy atom. The number of hydrogen-bond donors (Lipinski definition) is 2. The zero-order valence-corrected chi connectivity index (χ0v) is 10.5. The second-order valence-corrected chi connectivity index (χ2v) is 3.53. The summed E-state index contributed by atoms with van der Waals surface area (Å²) in [5, 5.41) is 5.85. The number of rotatable bonds is 10. The van der Waals surface area contributed by atoms with Crippen molar-refractivity contribution in [3.05, 3.63) is 0 Å². The zero-order chi connectivity index (χ0) is 12.2. The molecule has 16 heavy (non-hydrogen) atoms. The molecule has 1 amide bonds. The molecule has 1 unspecified atom stereocenters. The molecule has 5 heteroatoms. The number of nitrogens with one attached hydrogen (secondary N) is 2. The molecule has 0 saturated heterocycles. The van der Waals surface area contributed by atoms with Gasteiger partial charge in [0.15, 0.2) is 0 Å². The summed E-state index contributed by atoms with van der Waals surface area (Å²) in [7, 11) is 1.68. The molecule has 0 aromatic rings. The second-order valence-electron chi connectivity index (χ2n) is 3.53. The molecule has 0 aliphatic rings. The standard InChI is InChI=1S/C11H24N2O3/c1-4-12-11(14)10(2)13-6-9-16-8-5-7-15-3/h10,13H,4-9H2,1-3H3,(H,12,14). The van der Waals surface area contributed by atoms with Gasteiger partial charge in [-0.05, 0) is 20.3 Å². The minimum Gasteiger partial charge on any atom is -0.385 e. The maximum atomic E-state index is 11.3. The number of carbonyl (C=O) groups is 1. The number of ether oxygens (including phenoxy) is 2. The highest BCUT2D eigenvalue weighted by Gasteiger charge is 2.09. The molecule has 0 rings (SSSR count). The van der Waals surface area contributed by atoms with Crippen molar-refractivity contribution in [1.29, 1.82) is 0 Å². The molecule has 96 valence electrons. The van der Waals surface area contributed by atoms with Gasteiger partial charge >= 0.3 is 0 Å². The van der Waals surface area contributed by atoms with E-state index in [1.165, 1.54) is 0 Å². The van der Waals surface area contributed by atoms with Crippen molar-refractivity contribution in [2.45, 2.75) is 26.3 Å². The maximum absolute atomic E-state index is 11.3. The van der Waals surface area contributed by atoms with Crippen LogP contribution < -0.4 is 10.6 Å². The van der Waals surface area contributed by atoms with Gasteiger partial charge in [-0.15, -0.1) is 0 Å². The first-order valence-electron chi connectivity index (χ1n) is 5.80. The van der Waals surface area contributed by atoms with Gasteiger partial charge in [0.1, 0.15) is 0 Å². The largest absolute Gasteiger partial charge is 0.385 e. The molecule has 1 atom stereocenters. The molecule has 0 bridgehead atoms. The Morgan fingerprint density at radius 2 is 2.06 bits per heavy atom. The van der Waals surface area contributed by atoms with E-state index in [1.807, 2.05) is 13.8 Å². The van der Waals surface area contributed by atoms with Crippen molar-refractivity contribution in [3.8, 4) is 0 Å². The first kappa shape index (κ1) is 15.3. The summed E-state index contributed by atoms with van der Waals surface area (Å²) in [5.74, 6) is 0.0295. The lowest BCUT2D eigenvalue weighted by atomic mass is 10.3. The van der Waals surface area contributed by atoms with E-state index in [0.29, 0.717) is 26.3 Å². The summed E-state index contributed by atoms with van der Waals surface area (Å²) in [6, 6.07) is -0.164. The SMILES string of the molecule is CCNC(=O)C(C)NCCOCCCOC. The molecule has 0 aromatic carbocycles. The average Bonchev–Trinajstić information content (AvgIpc) is 2.28. The van der Waals surface area contributed by atoms with Gasteiger partial charge in [0.2, 0.25) is 5.91 Å². The third kappa shape index (κ3) is 8.64. The van der Waals surface area contributed by atoms with E-state index >= 15 is 0 Å². The number of likely N-dealkylation sites (N-methyl/N-ethyl adjacent to an activating group) is 1. The van der Waals surface area contributed by atoms with Gasteiger partial charge in [-0.2, -0.15) is 0 Å². The maximum Gasteiger partial charge on any atom is 0.236 e. The van der Waals surface area contributed by atoms with E-state index in [9.17, 15) is 4.79 Å². The third-order valence-corrected chi connectivity index (χ3v) is 2.08. The Hall–Kier alpha value is -0.650. The highest BCUT2D eigenvalue weighted by molar-refractivity contribution is 5.81. The predicted molar refractivity (Wildman–Crippen MR) is 63.5 cm³/mol. The summed E-state index contributed by atoms with van der Waals surface area (Å²) < 4.78 is 10.2. The van der Waals surface area contributed by atoms with Crippen LogP contribution >= 0.6 is 0 Å². The van der Waals surface area contributed by atoms with E-state index in [0.717, 1.165) is 13.0 Å². The summed E-state index contributed by atoms with van der Waals surface area (Å²) in [6.45, 7) is 7.14. The van der Waals surface area contributed by atoms with Crippen LogP contribution in [0.15, 0.2) is 0 Å². The van der Waals surface area contributed by atoms with Gasteiger partial charge in [-0.1, -0.05) is 0 Å². The fraction of sp³-hybridized carbons (Fsp3) is 0.909. The average molecular weight is 232 g/mol. The smallest absolute Gasteiger partial charge is 0.236 e. The third-order valence-electron chi connectivity index (χ3n) is 2.08. The first-order chi connectivity index (χ1) is 7.72. The van der Waals surface area contributed by atoms with Crippen LogP contribution in [-0.4, -0.2) is 52.0 Å². The fourth-order valence-corrected chi connectivity index (χ4v) is 1.18. The Bertz CT molecular complexity index is 177. The van der Waals surface area contributed by atoms with Gasteiger partial charge in [0.05, 0.1) is 12.6 Å². The van der Waals surface area contributed by atoms with E-state index in [1.54, 1.807) is 7.11 Å². The van der Waals surface area contributed by atoms with Crippen LogP contribution in [0.25, 0.3) is 0 Å². The van der Waals surface area contributed by atoms with E-state index in [-0.39, 0.29) is 11.9 Å². The Labute approximate surface area is 97.9 Å². The molecule has 0 spiro atoms. The molecule has 2 N–H and O–H groups in total. The van der Waals surface area contributed by atoms with E-state index in [2.05, 4.69) is 10.6 Å². The van der Waals surface area contributed by atoms with Crippen LogP contribution in [0.2, 0.25) is 0 Å². The van der Waals surface area contributed by atoms with Crippen molar-refractivity contribution in [2.75, 3.05) is 40.0 Å². The van der Waals surface area contributed by atoms with Crippen molar-refractivity contribution in [3.63, 3.8) is 0 Å². The van der Waals surface area contributed by atoms with Crippen LogP contribution in [-0.2, 0) is 14.3 Å². The summed E-state index contributed by atoms with van der Waals surface area (Å²) in [6.07, 6.45) is 0.905. The number of hydrogen-bond acceptors (Lipinski definition) is 4. The quantitative estimate of drug-likeness (QED) is 0.527. The molecular formula is C11H24N2O3. The highest BCUT2D eigenvalue weighted by atomic mass is 16.5. The summed E-state index contributed by atoms with van der Waals surface area (Å²) in [4.78, 5) is 11.3. The van der Waals surface area contributed by atoms with Crippen molar-refractivity contribution in [2.24, 2.45) is 0 Å². The lowest BCUT2D eigenvalue weighted by molar-refractivity contribution is -0.122. The van der Waals surface area contributed by atoms with Gasteiger partial charge in [-0.25, -0.2) is 0 Å². The second kappa shape index (κ2) is 10.9. The lowest BCUT2D eigenvalue weighted by Gasteiger charge is -2.13. The minimum absolute atomic E-state index is 0.0295. The lowest BCUT2D eigenvalue weighted by Crippen LogP contribution is -2.43. The molecule has 0 fully saturated rings.